The first kappa shape index (κ1) is 10.8. The molecule has 2 nitrogen and oxygen atoms in total. The van der Waals surface area contributed by atoms with Gasteiger partial charge in [-0.2, -0.15) is 0 Å². The van der Waals surface area contributed by atoms with Crippen molar-refractivity contribution in [1.29, 1.82) is 0 Å². The fourth-order valence-electron chi connectivity index (χ4n) is 1.02. The van der Waals surface area contributed by atoms with E-state index in [4.69, 9.17) is 0 Å². The molecule has 0 amide bonds. The number of carbonyl (C=O) groups excluding carboxylic acids is 1. The molecule has 2 heteroatoms. The Morgan fingerprint density at radius 1 is 1.29 bits per heavy atom. The van der Waals surface area contributed by atoms with Gasteiger partial charge < -0.3 is 4.57 Å². The van der Waals surface area contributed by atoms with Crippen molar-refractivity contribution in [2.75, 3.05) is 0 Å². The first-order valence-electron chi connectivity index (χ1n) is 4.82. The van der Waals surface area contributed by atoms with E-state index in [9.17, 15) is 4.79 Å². The average Bonchev–Trinajstić information content (AvgIpc) is 2.55. The number of rotatable bonds is 3. The van der Waals surface area contributed by atoms with Crippen molar-refractivity contribution in [2.45, 2.75) is 27.3 Å². The first-order chi connectivity index (χ1) is 6.50. The second kappa shape index (κ2) is 4.27. The number of aromatic nitrogens is 1. The van der Waals surface area contributed by atoms with Crippen LogP contribution in [0.3, 0.4) is 0 Å². The van der Waals surface area contributed by atoms with Gasteiger partial charge in [-0.05, 0) is 18.2 Å². The molecule has 0 spiro atoms. The Morgan fingerprint density at radius 3 is 2.36 bits per heavy atom. The van der Waals surface area contributed by atoms with Crippen molar-refractivity contribution in [3.8, 4) is 0 Å². The Labute approximate surface area is 85.2 Å². The van der Waals surface area contributed by atoms with Crippen LogP contribution in [0.15, 0.2) is 36.7 Å². The fourth-order valence-corrected chi connectivity index (χ4v) is 1.02. The highest BCUT2D eigenvalue weighted by atomic mass is 16.1. The Balaban J connectivity index is 2.46. The Hall–Kier alpha value is -1.31. The molecule has 76 valence electrons. The second-order valence-corrected chi connectivity index (χ2v) is 4.40. The van der Waals surface area contributed by atoms with Crippen LogP contribution in [0.1, 0.15) is 20.8 Å². The molecule has 14 heavy (non-hydrogen) atoms. The maximum atomic E-state index is 11.5. The van der Waals surface area contributed by atoms with E-state index in [0.29, 0.717) is 0 Å². The zero-order chi connectivity index (χ0) is 10.6. The molecule has 1 heterocycles. The highest BCUT2D eigenvalue weighted by Crippen LogP contribution is 2.14. The molecule has 0 atom stereocenters. The lowest BCUT2D eigenvalue weighted by Gasteiger charge is -2.12. The molecule has 0 saturated heterocycles. The average molecular weight is 191 g/mol. The minimum absolute atomic E-state index is 0.171. The SMILES string of the molecule is CC(C)(C)C(=O)/C=C/Cn1cccc1. The van der Waals surface area contributed by atoms with Gasteiger partial charge in [-0.15, -0.1) is 0 Å². The molecule has 0 aliphatic carbocycles. The van der Waals surface area contributed by atoms with Crippen LogP contribution >= 0.6 is 0 Å². The third kappa shape index (κ3) is 3.21. The Bertz CT molecular complexity index is 315. The summed E-state index contributed by atoms with van der Waals surface area (Å²) in [6.07, 6.45) is 7.52. The lowest BCUT2D eigenvalue weighted by Crippen LogP contribution is -2.17. The lowest BCUT2D eigenvalue weighted by molar-refractivity contribution is -0.121. The third-order valence-corrected chi connectivity index (χ3v) is 1.99. The summed E-state index contributed by atoms with van der Waals surface area (Å²) < 4.78 is 2.02. The van der Waals surface area contributed by atoms with Crippen LogP contribution < -0.4 is 0 Å². The highest BCUT2D eigenvalue weighted by Gasteiger charge is 2.17. The number of allylic oxidation sites excluding steroid dienone is 2. The third-order valence-electron chi connectivity index (χ3n) is 1.99. The summed E-state index contributed by atoms with van der Waals surface area (Å²) in [5, 5.41) is 0. The van der Waals surface area contributed by atoms with Crippen LogP contribution in [0.4, 0.5) is 0 Å². The summed E-state index contributed by atoms with van der Waals surface area (Å²) in [4.78, 5) is 11.5. The van der Waals surface area contributed by atoms with Crippen molar-refractivity contribution in [3.63, 3.8) is 0 Å². The summed E-state index contributed by atoms with van der Waals surface area (Å²) >= 11 is 0. The van der Waals surface area contributed by atoms with Crippen LogP contribution in [0.25, 0.3) is 0 Å². The van der Waals surface area contributed by atoms with E-state index in [1.54, 1.807) is 6.08 Å². The predicted molar refractivity (Wildman–Crippen MR) is 58.0 cm³/mol. The largest absolute Gasteiger partial charge is 0.350 e. The van der Waals surface area contributed by atoms with Gasteiger partial charge in [0.15, 0.2) is 5.78 Å². The summed E-state index contributed by atoms with van der Waals surface area (Å²) in [6, 6.07) is 3.94. The zero-order valence-corrected chi connectivity index (χ0v) is 9.03. The van der Waals surface area contributed by atoms with Gasteiger partial charge in [0.05, 0.1) is 0 Å². The minimum Gasteiger partial charge on any atom is -0.350 e. The maximum absolute atomic E-state index is 11.5. The van der Waals surface area contributed by atoms with Crippen molar-refractivity contribution in [3.05, 3.63) is 36.7 Å². The molecule has 0 fully saturated rings. The van der Waals surface area contributed by atoms with E-state index in [2.05, 4.69) is 0 Å². The van der Waals surface area contributed by atoms with E-state index >= 15 is 0 Å². The molecule has 0 aliphatic rings. The molecule has 0 saturated carbocycles. The molecule has 0 aromatic carbocycles. The van der Waals surface area contributed by atoms with Crippen LogP contribution in [-0.4, -0.2) is 10.4 Å². The molecule has 1 rings (SSSR count). The van der Waals surface area contributed by atoms with E-state index < -0.39 is 0 Å². The molecule has 1 aromatic heterocycles. The van der Waals surface area contributed by atoms with Crippen molar-refractivity contribution in [1.82, 2.24) is 4.57 Å². The molecule has 0 aliphatic heterocycles. The normalized spacial score (nSPS) is 12.2. The van der Waals surface area contributed by atoms with Crippen LogP contribution in [0, 0.1) is 5.41 Å². The summed E-state index contributed by atoms with van der Waals surface area (Å²) in [5.74, 6) is 0.171. The highest BCUT2D eigenvalue weighted by molar-refractivity contribution is 5.93. The zero-order valence-electron chi connectivity index (χ0n) is 9.03. The number of ketones is 1. The molecular weight excluding hydrogens is 174 g/mol. The molecule has 1 aromatic rings. The van der Waals surface area contributed by atoms with Crippen LogP contribution in [-0.2, 0) is 11.3 Å². The number of nitrogens with zero attached hydrogens (tertiary/aromatic N) is 1. The molecule has 0 N–H and O–H groups in total. The Kier molecular flexibility index (Phi) is 3.28. The van der Waals surface area contributed by atoms with Crippen molar-refractivity contribution in [2.24, 2.45) is 5.41 Å². The Morgan fingerprint density at radius 2 is 1.86 bits per heavy atom. The van der Waals surface area contributed by atoms with Gasteiger partial charge in [-0.1, -0.05) is 26.8 Å². The van der Waals surface area contributed by atoms with Crippen LogP contribution in [0.2, 0.25) is 0 Å². The quantitative estimate of drug-likeness (QED) is 0.673. The van der Waals surface area contributed by atoms with Gasteiger partial charge in [0, 0.05) is 24.4 Å². The van der Waals surface area contributed by atoms with Crippen molar-refractivity contribution >= 4 is 5.78 Å². The summed E-state index contributed by atoms with van der Waals surface area (Å²) in [5.41, 5.74) is -0.271. The second-order valence-electron chi connectivity index (χ2n) is 4.40. The number of hydrogen-bond donors (Lipinski definition) is 0. The standard InChI is InChI=1S/C12H17NO/c1-12(2,3)11(14)7-6-10-13-8-4-5-9-13/h4-9H,10H2,1-3H3/b7-6+. The summed E-state index contributed by atoms with van der Waals surface area (Å²) in [6.45, 7) is 6.54. The van der Waals surface area contributed by atoms with E-state index in [1.165, 1.54) is 0 Å². The van der Waals surface area contributed by atoms with Gasteiger partial charge >= 0.3 is 0 Å². The molecule has 0 unspecified atom stereocenters. The first-order valence-corrected chi connectivity index (χ1v) is 4.82. The number of hydrogen-bond acceptors (Lipinski definition) is 1. The molecule has 0 bridgehead atoms. The van der Waals surface area contributed by atoms with Gasteiger partial charge in [0.2, 0.25) is 0 Å². The van der Waals surface area contributed by atoms with Gasteiger partial charge in [0.1, 0.15) is 0 Å². The monoisotopic (exact) mass is 191 g/mol. The van der Waals surface area contributed by atoms with E-state index in [1.807, 2.05) is 55.9 Å². The number of carbonyl (C=O) groups is 1. The summed E-state index contributed by atoms with van der Waals surface area (Å²) in [7, 11) is 0. The lowest BCUT2D eigenvalue weighted by atomic mass is 9.91. The topological polar surface area (TPSA) is 22.0 Å². The van der Waals surface area contributed by atoms with Gasteiger partial charge in [-0.3, -0.25) is 4.79 Å². The van der Waals surface area contributed by atoms with Crippen LogP contribution in [0.5, 0.6) is 0 Å². The maximum Gasteiger partial charge on any atom is 0.160 e. The van der Waals surface area contributed by atoms with Gasteiger partial charge in [0.25, 0.3) is 0 Å². The molecule has 0 radical (unpaired) electrons. The smallest absolute Gasteiger partial charge is 0.160 e. The van der Waals surface area contributed by atoms with E-state index in [-0.39, 0.29) is 11.2 Å². The predicted octanol–water partition coefficient (Wildman–Crippen LogP) is 2.66. The van der Waals surface area contributed by atoms with Gasteiger partial charge in [-0.25, -0.2) is 0 Å². The van der Waals surface area contributed by atoms with Crippen molar-refractivity contribution < 1.29 is 4.79 Å². The molecular formula is C12H17NO. The minimum atomic E-state index is -0.271. The fraction of sp³-hybridized carbons (Fsp3) is 0.417. The van der Waals surface area contributed by atoms with E-state index in [0.717, 1.165) is 6.54 Å².